The summed E-state index contributed by atoms with van der Waals surface area (Å²) in [5.74, 6) is 0.771. The fourth-order valence-corrected chi connectivity index (χ4v) is 3.42. The fraction of sp³-hybridized carbons (Fsp3) is 0.941. The minimum Gasteiger partial charge on any atom is -0.392 e. The molecule has 0 aromatic carbocycles. The van der Waals surface area contributed by atoms with Gasteiger partial charge in [0.1, 0.15) is 0 Å². The molecule has 1 saturated carbocycles. The lowest BCUT2D eigenvalue weighted by Crippen LogP contribution is -2.47. The number of nitrogens with one attached hydrogen (secondary N) is 2. The third kappa shape index (κ3) is 4.85. The fourth-order valence-electron chi connectivity index (χ4n) is 3.42. The minimum absolute atomic E-state index is 0.117. The monoisotopic (exact) mass is 311 g/mol. The molecule has 22 heavy (non-hydrogen) atoms. The quantitative estimate of drug-likeness (QED) is 0.672. The first kappa shape index (κ1) is 17.5. The second kappa shape index (κ2) is 7.18. The van der Waals surface area contributed by atoms with Crippen molar-refractivity contribution >= 4 is 6.03 Å². The van der Waals surface area contributed by atoms with Crippen LogP contribution in [0.4, 0.5) is 4.79 Å². The molecule has 2 atom stereocenters. The molecular formula is C17H33N3O2. The van der Waals surface area contributed by atoms with Crippen LogP contribution in [-0.2, 0) is 0 Å². The largest absolute Gasteiger partial charge is 0.392 e. The number of likely N-dealkylation sites (tertiary alicyclic amines) is 1. The zero-order chi connectivity index (χ0) is 16.3. The van der Waals surface area contributed by atoms with Gasteiger partial charge in [0.05, 0.1) is 6.10 Å². The van der Waals surface area contributed by atoms with E-state index in [0.717, 1.165) is 19.1 Å². The smallest absolute Gasteiger partial charge is 0.314 e. The minimum atomic E-state index is -0.422. The Morgan fingerprint density at radius 1 is 1.27 bits per heavy atom. The number of rotatable bonds is 7. The number of nitrogens with zero attached hydrogens (tertiary/aromatic N) is 1. The lowest BCUT2D eigenvalue weighted by atomic mass is 9.81. The molecule has 1 aliphatic carbocycles. The molecule has 2 rings (SSSR count). The van der Waals surface area contributed by atoms with Crippen molar-refractivity contribution in [2.75, 3.05) is 26.2 Å². The predicted molar refractivity (Wildman–Crippen MR) is 88.7 cm³/mol. The highest BCUT2D eigenvalue weighted by Gasteiger charge is 2.34. The number of hydrogen-bond acceptors (Lipinski definition) is 3. The number of amides is 2. The highest BCUT2D eigenvalue weighted by Crippen LogP contribution is 2.31. The molecule has 0 aromatic rings. The Morgan fingerprint density at radius 2 is 1.95 bits per heavy atom. The summed E-state index contributed by atoms with van der Waals surface area (Å²) in [7, 11) is 0. The molecule has 0 radical (unpaired) electrons. The van der Waals surface area contributed by atoms with E-state index in [1.54, 1.807) is 0 Å². The molecule has 1 aliphatic heterocycles. The Labute approximate surface area is 134 Å². The highest BCUT2D eigenvalue weighted by molar-refractivity contribution is 5.73. The SMILES string of the molecule is CC(C)C(O)C(C)(C)CNC(=O)NCC1CCN(C2CC2)C1. The maximum atomic E-state index is 11.9. The van der Waals surface area contributed by atoms with Crippen molar-refractivity contribution in [2.45, 2.75) is 59.1 Å². The number of aliphatic hydroxyl groups excluding tert-OH is 1. The first-order valence-electron chi connectivity index (χ1n) is 8.73. The van der Waals surface area contributed by atoms with Crippen LogP contribution in [-0.4, -0.2) is 54.4 Å². The van der Waals surface area contributed by atoms with Crippen molar-refractivity contribution in [3.63, 3.8) is 0 Å². The number of aliphatic hydroxyl groups is 1. The Bertz CT molecular complexity index is 380. The molecule has 0 aromatic heterocycles. The molecule has 3 N–H and O–H groups in total. The van der Waals surface area contributed by atoms with Crippen LogP contribution in [0.15, 0.2) is 0 Å². The van der Waals surface area contributed by atoms with Gasteiger partial charge in [-0.15, -0.1) is 0 Å². The molecule has 2 aliphatic rings. The van der Waals surface area contributed by atoms with Crippen molar-refractivity contribution in [3.8, 4) is 0 Å². The van der Waals surface area contributed by atoms with Gasteiger partial charge in [0.2, 0.25) is 0 Å². The molecule has 0 spiro atoms. The van der Waals surface area contributed by atoms with E-state index in [0.29, 0.717) is 12.5 Å². The van der Waals surface area contributed by atoms with Crippen molar-refractivity contribution in [2.24, 2.45) is 17.3 Å². The van der Waals surface area contributed by atoms with Crippen LogP contribution >= 0.6 is 0 Å². The van der Waals surface area contributed by atoms with Gasteiger partial charge in [0.25, 0.3) is 0 Å². The number of carbonyl (C=O) groups is 1. The van der Waals surface area contributed by atoms with Gasteiger partial charge in [-0.2, -0.15) is 0 Å². The Hall–Kier alpha value is -0.810. The zero-order valence-corrected chi connectivity index (χ0v) is 14.6. The molecule has 2 fully saturated rings. The van der Waals surface area contributed by atoms with E-state index in [-0.39, 0.29) is 17.4 Å². The summed E-state index contributed by atoms with van der Waals surface area (Å²) in [5, 5.41) is 16.1. The molecule has 1 saturated heterocycles. The number of hydrogen-bond donors (Lipinski definition) is 3. The predicted octanol–water partition coefficient (Wildman–Crippen LogP) is 1.81. The molecule has 5 heteroatoms. The summed E-state index contributed by atoms with van der Waals surface area (Å²) in [5.41, 5.74) is -0.318. The van der Waals surface area contributed by atoms with Crippen molar-refractivity contribution in [3.05, 3.63) is 0 Å². The van der Waals surface area contributed by atoms with Crippen LogP contribution in [0.25, 0.3) is 0 Å². The van der Waals surface area contributed by atoms with E-state index in [1.165, 1.54) is 25.8 Å². The van der Waals surface area contributed by atoms with E-state index < -0.39 is 6.10 Å². The number of carbonyl (C=O) groups excluding carboxylic acids is 1. The van der Waals surface area contributed by atoms with Gasteiger partial charge in [-0.3, -0.25) is 0 Å². The average Bonchev–Trinajstić information content (AvgIpc) is 3.21. The normalized spacial score (nSPS) is 24.5. The van der Waals surface area contributed by atoms with Gasteiger partial charge in [0, 0.05) is 31.1 Å². The average molecular weight is 311 g/mol. The Morgan fingerprint density at radius 3 is 2.55 bits per heavy atom. The van der Waals surface area contributed by atoms with Crippen molar-refractivity contribution in [1.82, 2.24) is 15.5 Å². The molecule has 2 unspecified atom stereocenters. The van der Waals surface area contributed by atoms with E-state index in [9.17, 15) is 9.90 Å². The van der Waals surface area contributed by atoms with Crippen LogP contribution in [0.1, 0.15) is 47.0 Å². The van der Waals surface area contributed by atoms with Crippen LogP contribution in [0.3, 0.4) is 0 Å². The second-order valence-electron chi connectivity index (χ2n) is 8.12. The van der Waals surface area contributed by atoms with Crippen molar-refractivity contribution in [1.29, 1.82) is 0 Å². The lowest BCUT2D eigenvalue weighted by Gasteiger charge is -2.33. The number of urea groups is 1. The molecule has 2 amide bonds. The van der Waals surface area contributed by atoms with E-state index in [2.05, 4.69) is 15.5 Å². The van der Waals surface area contributed by atoms with Gasteiger partial charge >= 0.3 is 6.03 Å². The van der Waals surface area contributed by atoms with Gasteiger partial charge in [-0.25, -0.2) is 4.79 Å². The summed E-state index contributed by atoms with van der Waals surface area (Å²) >= 11 is 0. The first-order valence-corrected chi connectivity index (χ1v) is 8.73. The summed E-state index contributed by atoms with van der Waals surface area (Å²) in [6.45, 7) is 11.5. The molecule has 0 bridgehead atoms. The molecule has 5 nitrogen and oxygen atoms in total. The maximum absolute atomic E-state index is 11.9. The molecular weight excluding hydrogens is 278 g/mol. The third-order valence-corrected chi connectivity index (χ3v) is 5.07. The van der Waals surface area contributed by atoms with Crippen LogP contribution in [0, 0.1) is 17.3 Å². The van der Waals surface area contributed by atoms with Gasteiger partial charge in [-0.05, 0) is 37.6 Å². The molecule has 128 valence electrons. The highest BCUT2D eigenvalue weighted by atomic mass is 16.3. The van der Waals surface area contributed by atoms with Crippen LogP contribution in [0.2, 0.25) is 0 Å². The zero-order valence-electron chi connectivity index (χ0n) is 14.6. The summed E-state index contributed by atoms with van der Waals surface area (Å²) in [4.78, 5) is 14.5. The summed E-state index contributed by atoms with van der Waals surface area (Å²) in [6.07, 6.45) is 3.48. The van der Waals surface area contributed by atoms with Gasteiger partial charge in [-0.1, -0.05) is 27.7 Å². The lowest BCUT2D eigenvalue weighted by molar-refractivity contribution is 0.0151. The van der Waals surface area contributed by atoms with E-state index in [1.807, 2.05) is 27.7 Å². The molecule has 1 heterocycles. The Kier molecular flexibility index (Phi) is 5.72. The third-order valence-electron chi connectivity index (χ3n) is 5.07. The van der Waals surface area contributed by atoms with Gasteiger partial charge in [0.15, 0.2) is 0 Å². The van der Waals surface area contributed by atoms with Gasteiger partial charge < -0.3 is 20.6 Å². The van der Waals surface area contributed by atoms with Crippen LogP contribution < -0.4 is 10.6 Å². The van der Waals surface area contributed by atoms with E-state index in [4.69, 9.17) is 0 Å². The second-order valence-corrected chi connectivity index (χ2v) is 8.12. The topological polar surface area (TPSA) is 64.6 Å². The summed E-state index contributed by atoms with van der Waals surface area (Å²) < 4.78 is 0. The Balaban J connectivity index is 1.63. The first-order chi connectivity index (χ1) is 10.3. The summed E-state index contributed by atoms with van der Waals surface area (Å²) in [6, 6.07) is 0.714. The van der Waals surface area contributed by atoms with Crippen molar-refractivity contribution < 1.29 is 9.90 Å². The maximum Gasteiger partial charge on any atom is 0.314 e. The standard InChI is InChI=1S/C17H33N3O2/c1-12(2)15(21)17(3,4)11-19-16(22)18-9-13-7-8-20(10-13)14-5-6-14/h12-15,21H,5-11H2,1-4H3,(H2,18,19,22). The van der Waals surface area contributed by atoms with E-state index >= 15 is 0 Å². The van der Waals surface area contributed by atoms with Crippen LogP contribution in [0.5, 0.6) is 0 Å².